The molecule has 7 heteroatoms. The van der Waals surface area contributed by atoms with Crippen molar-refractivity contribution < 1.29 is 14.7 Å². The fourth-order valence-electron chi connectivity index (χ4n) is 1.37. The number of hydrogen-bond acceptors (Lipinski definition) is 3. The van der Waals surface area contributed by atoms with Crippen molar-refractivity contribution in [1.82, 2.24) is 10.6 Å². The van der Waals surface area contributed by atoms with Crippen molar-refractivity contribution in [2.75, 3.05) is 0 Å². The summed E-state index contributed by atoms with van der Waals surface area (Å²) in [5.41, 5.74) is 0. The summed E-state index contributed by atoms with van der Waals surface area (Å²) in [4.78, 5) is 23.3. The molecule has 3 N–H and O–H groups in total. The number of halogens is 1. The number of hydrogen-bond donors (Lipinski definition) is 3. The van der Waals surface area contributed by atoms with Crippen LogP contribution >= 0.6 is 22.9 Å². The van der Waals surface area contributed by atoms with Crippen molar-refractivity contribution in [3.8, 4) is 0 Å². The minimum Gasteiger partial charge on any atom is -0.480 e. The van der Waals surface area contributed by atoms with Gasteiger partial charge in [-0.1, -0.05) is 24.9 Å². The Balaban J connectivity index is 2.38. The highest BCUT2D eigenvalue weighted by Gasteiger charge is 2.18. The number of carboxylic acids is 1. The summed E-state index contributed by atoms with van der Waals surface area (Å²) in [6.07, 6.45) is 1.10. The van der Waals surface area contributed by atoms with Crippen LogP contribution in [0.15, 0.2) is 12.1 Å². The molecular weight excluding hydrogens is 276 g/mol. The van der Waals surface area contributed by atoms with Gasteiger partial charge in [-0.05, 0) is 18.6 Å². The van der Waals surface area contributed by atoms with E-state index in [4.69, 9.17) is 16.7 Å². The average molecular weight is 291 g/mol. The lowest BCUT2D eigenvalue weighted by atomic mass is 10.2. The maximum atomic E-state index is 11.5. The standard InChI is InChI=1S/C11H15ClN2O3S/c1-2-3-8(10(15)16)14-11(17)13-6-7-4-5-9(12)18-7/h4-5,8H,2-3,6H2,1H3,(H,15,16)(H2,13,14,17)/t8-/m0/s1. The third-order valence-corrected chi connectivity index (χ3v) is 3.46. The largest absolute Gasteiger partial charge is 0.480 e. The summed E-state index contributed by atoms with van der Waals surface area (Å²) in [5.74, 6) is -1.02. The molecule has 100 valence electrons. The second kappa shape index (κ2) is 7.23. The number of nitrogens with one attached hydrogen (secondary N) is 2. The lowest BCUT2D eigenvalue weighted by molar-refractivity contribution is -0.139. The van der Waals surface area contributed by atoms with Crippen LogP contribution in [-0.4, -0.2) is 23.1 Å². The predicted molar refractivity (Wildman–Crippen MR) is 71.0 cm³/mol. The van der Waals surface area contributed by atoms with Crippen LogP contribution in [0.4, 0.5) is 4.79 Å². The van der Waals surface area contributed by atoms with Crippen molar-refractivity contribution in [3.63, 3.8) is 0 Å². The second-order valence-electron chi connectivity index (χ2n) is 3.71. The third kappa shape index (κ3) is 4.93. The van der Waals surface area contributed by atoms with Crippen LogP contribution in [0.3, 0.4) is 0 Å². The van der Waals surface area contributed by atoms with Gasteiger partial charge in [0, 0.05) is 4.88 Å². The molecule has 0 radical (unpaired) electrons. The zero-order valence-electron chi connectivity index (χ0n) is 9.90. The van der Waals surface area contributed by atoms with Gasteiger partial charge in [0.2, 0.25) is 0 Å². The minimum atomic E-state index is -1.02. The van der Waals surface area contributed by atoms with Crippen LogP contribution in [0.5, 0.6) is 0 Å². The lowest BCUT2D eigenvalue weighted by Crippen LogP contribution is -2.45. The van der Waals surface area contributed by atoms with Gasteiger partial charge < -0.3 is 15.7 Å². The Kier molecular flexibility index (Phi) is 5.94. The Morgan fingerprint density at radius 3 is 2.72 bits per heavy atom. The zero-order valence-corrected chi connectivity index (χ0v) is 11.5. The summed E-state index contributed by atoms with van der Waals surface area (Å²) in [6.45, 7) is 2.20. The molecule has 0 aliphatic carbocycles. The first kappa shape index (κ1) is 14.8. The maximum absolute atomic E-state index is 11.5. The fourth-order valence-corrected chi connectivity index (χ4v) is 2.40. The van der Waals surface area contributed by atoms with E-state index in [0.29, 0.717) is 23.7 Å². The number of rotatable bonds is 6. The van der Waals surface area contributed by atoms with Crippen molar-refractivity contribution in [2.24, 2.45) is 0 Å². The van der Waals surface area contributed by atoms with E-state index < -0.39 is 18.0 Å². The number of aliphatic carboxylic acids is 1. The van der Waals surface area contributed by atoms with E-state index in [1.165, 1.54) is 11.3 Å². The summed E-state index contributed by atoms with van der Waals surface area (Å²) < 4.78 is 0.654. The van der Waals surface area contributed by atoms with E-state index in [1.54, 1.807) is 6.07 Å². The number of amides is 2. The average Bonchev–Trinajstić information content (AvgIpc) is 2.72. The zero-order chi connectivity index (χ0) is 13.5. The van der Waals surface area contributed by atoms with Gasteiger partial charge in [-0.3, -0.25) is 0 Å². The summed E-state index contributed by atoms with van der Waals surface area (Å²) in [7, 11) is 0. The van der Waals surface area contributed by atoms with Crippen molar-refractivity contribution >= 4 is 34.9 Å². The quantitative estimate of drug-likeness (QED) is 0.753. The lowest BCUT2D eigenvalue weighted by Gasteiger charge is -2.13. The number of carboxylic acid groups (broad SMARTS) is 1. The Labute approximate surface area is 114 Å². The molecule has 18 heavy (non-hydrogen) atoms. The fraction of sp³-hybridized carbons (Fsp3) is 0.455. The van der Waals surface area contributed by atoms with E-state index in [9.17, 15) is 9.59 Å². The van der Waals surface area contributed by atoms with Crippen LogP contribution in [0.25, 0.3) is 0 Å². The highest BCUT2D eigenvalue weighted by molar-refractivity contribution is 7.16. The molecule has 0 saturated carbocycles. The van der Waals surface area contributed by atoms with E-state index >= 15 is 0 Å². The van der Waals surface area contributed by atoms with Gasteiger partial charge in [0.25, 0.3) is 0 Å². The van der Waals surface area contributed by atoms with Gasteiger partial charge in [-0.25, -0.2) is 9.59 Å². The molecule has 0 unspecified atom stereocenters. The molecule has 0 saturated heterocycles. The molecule has 1 rings (SSSR count). The summed E-state index contributed by atoms with van der Waals surface area (Å²) in [5, 5.41) is 13.9. The SMILES string of the molecule is CCC[C@H](NC(=O)NCc1ccc(Cl)s1)C(=O)O. The topological polar surface area (TPSA) is 78.4 Å². The molecule has 2 amide bonds. The van der Waals surface area contributed by atoms with Crippen LogP contribution in [-0.2, 0) is 11.3 Å². The first-order valence-corrected chi connectivity index (χ1v) is 6.73. The first-order valence-electron chi connectivity index (χ1n) is 5.54. The molecule has 0 bridgehead atoms. The number of carbonyl (C=O) groups is 2. The van der Waals surface area contributed by atoms with Crippen LogP contribution < -0.4 is 10.6 Å². The molecule has 0 aliphatic heterocycles. The van der Waals surface area contributed by atoms with Gasteiger partial charge >= 0.3 is 12.0 Å². The molecule has 0 fully saturated rings. The highest BCUT2D eigenvalue weighted by atomic mass is 35.5. The Morgan fingerprint density at radius 2 is 2.22 bits per heavy atom. The molecule has 1 aromatic rings. The van der Waals surface area contributed by atoms with E-state index in [0.717, 1.165) is 4.88 Å². The molecule has 0 aromatic carbocycles. The van der Waals surface area contributed by atoms with E-state index in [2.05, 4.69) is 10.6 Å². The Hall–Kier alpha value is -1.27. The van der Waals surface area contributed by atoms with E-state index in [-0.39, 0.29) is 0 Å². The molecule has 1 aromatic heterocycles. The van der Waals surface area contributed by atoms with E-state index in [1.807, 2.05) is 13.0 Å². The Morgan fingerprint density at radius 1 is 1.50 bits per heavy atom. The normalized spacial score (nSPS) is 11.9. The van der Waals surface area contributed by atoms with Crippen molar-refractivity contribution in [1.29, 1.82) is 0 Å². The molecule has 0 spiro atoms. The van der Waals surface area contributed by atoms with Crippen LogP contribution in [0.1, 0.15) is 24.6 Å². The molecule has 1 heterocycles. The summed E-state index contributed by atoms with van der Waals surface area (Å²) >= 11 is 7.13. The van der Waals surface area contributed by atoms with Crippen LogP contribution in [0, 0.1) is 0 Å². The van der Waals surface area contributed by atoms with Crippen molar-refractivity contribution in [2.45, 2.75) is 32.4 Å². The predicted octanol–water partition coefficient (Wildman–Crippen LogP) is 2.45. The van der Waals surface area contributed by atoms with Gasteiger partial charge in [-0.15, -0.1) is 11.3 Å². The minimum absolute atomic E-state index is 0.335. The summed E-state index contributed by atoms with van der Waals surface area (Å²) in [6, 6.07) is 2.23. The molecule has 0 aliphatic rings. The molecule has 5 nitrogen and oxygen atoms in total. The Bertz CT molecular complexity index is 422. The highest BCUT2D eigenvalue weighted by Crippen LogP contribution is 2.20. The first-order chi connectivity index (χ1) is 8.52. The number of thiophene rings is 1. The third-order valence-electron chi connectivity index (χ3n) is 2.23. The van der Waals surface area contributed by atoms with Gasteiger partial charge in [0.15, 0.2) is 0 Å². The number of carbonyl (C=O) groups excluding carboxylic acids is 1. The van der Waals surface area contributed by atoms with Gasteiger partial charge in [0.1, 0.15) is 6.04 Å². The number of urea groups is 1. The molecular formula is C11H15ClN2O3S. The molecule has 1 atom stereocenters. The van der Waals surface area contributed by atoms with Crippen molar-refractivity contribution in [3.05, 3.63) is 21.3 Å². The monoisotopic (exact) mass is 290 g/mol. The van der Waals surface area contributed by atoms with Gasteiger partial charge in [-0.2, -0.15) is 0 Å². The van der Waals surface area contributed by atoms with Gasteiger partial charge in [0.05, 0.1) is 10.9 Å². The second-order valence-corrected chi connectivity index (χ2v) is 5.51. The van der Waals surface area contributed by atoms with Crippen LogP contribution in [0.2, 0.25) is 4.34 Å². The maximum Gasteiger partial charge on any atom is 0.326 e. The smallest absolute Gasteiger partial charge is 0.326 e.